The van der Waals surface area contributed by atoms with Crippen LogP contribution in [0.2, 0.25) is 0 Å². The van der Waals surface area contributed by atoms with Crippen molar-refractivity contribution in [2.45, 2.75) is 23.3 Å². The summed E-state index contributed by atoms with van der Waals surface area (Å²) in [7, 11) is -0.802. The Hall–Kier alpha value is -1.29. The van der Waals surface area contributed by atoms with Crippen molar-refractivity contribution in [3.05, 3.63) is 23.8 Å². The SMILES string of the molecule is COc1ccc(S(=O)(=O)NCC2(OC)CCSCC2)cc1C(N)=O. The third-order valence-corrected chi connectivity index (χ3v) is 6.55. The molecule has 0 atom stereocenters. The zero-order valence-corrected chi connectivity index (χ0v) is 15.3. The highest BCUT2D eigenvalue weighted by Crippen LogP contribution is 2.30. The van der Waals surface area contributed by atoms with E-state index >= 15 is 0 Å². The highest BCUT2D eigenvalue weighted by molar-refractivity contribution is 7.99. The maximum atomic E-state index is 12.5. The largest absolute Gasteiger partial charge is 0.496 e. The van der Waals surface area contributed by atoms with E-state index in [4.69, 9.17) is 15.2 Å². The van der Waals surface area contributed by atoms with Crippen molar-refractivity contribution < 1.29 is 22.7 Å². The van der Waals surface area contributed by atoms with E-state index in [1.165, 1.54) is 25.3 Å². The summed E-state index contributed by atoms with van der Waals surface area (Å²) in [6.07, 6.45) is 1.57. The minimum Gasteiger partial charge on any atom is -0.496 e. The molecule has 9 heteroatoms. The Morgan fingerprint density at radius 2 is 2.00 bits per heavy atom. The molecule has 3 N–H and O–H groups in total. The molecule has 1 heterocycles. The Balaban J connectivity index is 2.21. The number of hydrogen-bond donors (Lipinski definition) is 2. The molecule has 0 radical (unpaired) electrons. The van der Waals surface area contributed by atoms with Crippen molar-refractivity contribution in [1.29, 1.82) is 0 Å². The van der Waals surface area contributed by atoms with Crippen LogP contribution in [0.3, 0.4) is 0 Å². The summed E-state index contributed by atoms with van der Waals surface area (Å²) in [6.45, 7) is 0.185. The molecule has 0 saturated carbocycles. The van der Waals surface area contributed by atoms with Gasteiger partial charge in [-0.1, -0.05) is 0 Å². The molecule has 1 fully saturated rings. The van der Waals surface area contributed by atoms with E-state index in [1.807, 2.05) is 11.8 Å². The second-order valence-electron chi connectivity index (χ2n) is 5.55. The average Bonchev–Trinajstić information content (AvgIpc) is 2.60. The van der Waals surface area contributed by atoms with Crippen LogP contribution < -0.4 is 15.2 Å². The van der Waals surface area contributed by atoms with Gasteiger partial charge in [-0.15, -0.1) is 0 Å². The molecular weight excluding hydrogens is 352 g/mol. The lowest BCUT2D eigenvalue weighted by atomic mass is 9.97. The van der Waals surface area contributed by atoms with Gasteiger partial charge in [0.05, 0.1) is 23.2 Å². The van der Waals surface area contributed by atoms with Crippen molar-refractivity contribution in [2.75, 3.05) is 32.3 Å². The first-order valence-electron chi connectivity index (χ1n) is 7.44. The van der Waals surface area contributed by atoms with Gasteiger partial charge in [0.25, 0.3) is 5.91 Å². The molecule has 1 aliphatic rings. The lowest BCUT2D eigenvalue weighted by Gasteiger charge is -2.35. The molecule has 0 aromatic heterocycles. The monoisotopic (exact) mass is 374 g/mol. The topological polar surface area (TPSA) is 108 Å². The number of hydrogen-bond acceptors (Lipinski definition) is 6. The number of thioether (sulfide) groups is 1. The molecule has 0 spiro atoms. The number of rotatable bonds is 7. The fourth-order valence-corrected chi connectivity index (χ4v) is 4.93. The quantitative estimate of drug-likeness (QED) is 0.737. The number of sulfonamides is 1. The Bertz CT molecular complexity index is 700. The Labute approximate surface area is 146 Å². The van der Waals surface area contributed by atoms with Crippen LogP contribution >= 0.6 is 11.8 Å². The van der Waals surface area contributed by atoms with Crippen LogP contribution in [0.1, 0.15) is 23.2 Å². The number of carbonyl (C=O) groups excluding carboxylic acids is 1. The van der Waals surface area contributed by atoms with Crippen LogP contribution in [0.25, 0.3) is 0 Å². The Morgan fingerprint density at radius 3 is 2.54 bits per heavy atom. The van der Waals surface area contributed by atoms with Gasteiger partial charge >= 0.3 is 0 Å². The van der Waals surface area contributed by atoms with E-state index in [9.17, 15) is 13.2 Å². The van der Waals surface area contributed by atoms with E-state index in [2.05, 4.69) is 4.72 Å². The molecule has 7 nitrogen and oxygen atoms in total. The molecule has 24 heavy (non-hydrogen) atoms. The Kier molecular flexibility index (Phi) is 6.13. The molecule has 2 rings (SSSR count). The van der Waals surface area contributed by atoms with E-state index in [0.717, 1.165) is 24.3 Å². The molecular formula is C15H22N2O5S2. The highest BCUT2D eigenvalue weighted by atomic mass is 32.2. The number of benzene rings is 1. The van der Waals surface area contributed by atoms with Gasteiger partial charge in [-0.05, 0) is 42.5 Å². The fraction of sp³-hybridized carbons (Fsp3) is 0.533. The van der Waals surface area contributed by atoms with E-state index < -0.39 is 21.5 Å². The molecule has 1 aromatic carbocycles. The van der Waals surface area contributed by atoms with Gasteiger partial charge in [0.15, 0.2) is 0 Å². The first kappa shape index (κ1) is 19.0. The molecule has 0 bridgehead atoms. The van der Waals surface area contributed by atoms with Crippen molar-refractivity contribution in [3.8, 4) is 5.75 Å². The summed E-state index contributed by atoms with van der Waals surface area (Å²) >= 11 is 1.83. The van der Waals surface area contributed by atoms with Crippen LogP contribution in [-0.4, -0.2) is 52.2 Å². The lowest BCUT2D eigenvalue weighted by molar-refractivity contribution is -0.0119. The molecule has 1 aliphatic heterocycles. The van der Waals surface area contributed by atoms with Crippen LogP contribution in [-0.2, 0) is 14.8 Å². The predicted molar refractivity (Wildman–Crippen MR) is 93.0 cm³/mol. The van der Waals surface area contributed by atoms with Crippen molar-refractivity contribution in [3.63, 3.8) is 0 Å². The summed E-state index contributed by atoms with van der Waals surface area (Å²) in [6, 6.07) is 4.02. The lowest BCUT2D eigenvalue weighted by Crippen LogP contribution is -2.46. The molecule has 134 valence electrons. The number of carbonyl (C=O) groups is 1. The van der Waals surface area contributed by atoms with Crippen LogP contribution in [0.5, 0.6) is 5.75 Å². The minimum atomic E-state index is -3.79. The van der Waals surface area contributed by atoms with Gasteiger partial charge in [0.2, 0.25) is 10.0 Å². The second-order valence-corrected chi connectivity index (χ2v) is 8.54. The number of amides is 1. The Morgan fingerprint density at radius 1 is 1.33 bits per heavy atom. The van der Waals surface area contributed by atoms with Gasteiger partial charge < -0.3 is 15.2 Å². The van der Waals surface area contributed by atoms with Crippen molar-refractivity contribution >= 4 is 27.7 Å². The standard InChI is InChI=1S/C15H22N2O5S2/c1-21-13-4-3-11(9-12(13)14(16)18)24(19,20)17-10-15(22-2)5-7-23-8-6-15/h3-4,9,17H,5-8,10H2,1-2H3,(H2,16,18). The highest BCUT2D eigenvalue weighted by Gasteiger charge is 2.33. The van der Waals surface area contributed by atoms with Crippen LogP contribution in [0.15, 0.2) is 23.1 Å². The summed E-state index contributed by atoms with van der Waals surface area (Å²) in [5.41, 5.74) is 4.81. The van der Waals surface area contributed by atoms with E-state index in [0.29, 0.717) is 0 Å². The molecule has 1 saturated heterocycles. The van der Waals surface area contributed by atoms with E-state index in [-0.39, 0.29) is 22.8 Å². The first-order chi connectivity index (χ1) is 11.3. The number of nitrogens with two attached hydrogens (primary N) is 1. The fourth-order valence-electron chi connectivity index (χ4n) is 2.55. The number of ether oxygens (including phenoxy) is 2. The predicted octanol–water partition coefficient (Wildman–Crippen LogP) is 0.985. The molecule has 0 aliphatic carbocycles. The van der Waals surface area contributed by atoms with Gasteiger partial charge in [-0.25, -0.2) is 13.1 Å². The molecule has 1 amide bonds. The van der Waals surface area contributed by atoms with Crippen LogP contribution in [0.4, 0.5) is 0 Å². The zero-order valence-electron chi connectivity index (χ0n) is 13.7. The maximum Gasteiger partial charge on any atom is 0.252 e. The summed E-state index contributed by atoms with van der Waals surface area (Å²) in [5, 5.41) is 0. The van der Waals surface area contributed by atoms with E-state index in [1.54, 1.807) is 7.11 Å². The minimum absolute atomic E-state index is 0.0240. The summed E-state index contributed by atoms with van der Waals surface area (Å²) < 4.78 is 38.3. The third-order valence-electron chi connectivity index (χ3n) is 4.17. The van der Waals surface area contributed by atoms with Crippen molar-refractivity contribution in [1.82, 2.24) is 4.72 Å². The second kappa shape index (κ2) is 7.73. The summed E-state index contributed by atoms with van der Waals surface area (Å²) in [5.74, 6) is 1.36. The number of nitrogens with one attached hydrogen (secondary N) is 1. The first-order valence-corrected chi connectivity index (χ1v) is 10.1. The van der Waals surface area contributed by atoms with Gasteiger partial charge in [0, 0.05) is 13.7 Å². The smallest absolute Gasteiger partial charge is 0.252 e. The third kappa shape index (κ3) is 4.21. The summed E-state index contributed by atoms with van der Waals surface area (Å²) in [4.78, 5) is 11.4. The zero-order chi connectivity index (χ0) is 17.8. The molecule has 0 unspecified atom stereocenters. The maximum absolute atomic E-state index is 12.5. The van der Waals surface area contributed by atoms with Crippen molar-refractivity contribution in [2.24, 2.45) is 5.73 Å². The van der Waals surface area contributed by atoms with Crippen LogP contribution in [0, 0.1) is 0 Å². The van der Waals surface area contributed by atoms with Gasteiger partial charge in [0.1, 0.15) is 5.75 Å². The normalized spacial score (nSPS) is 17.4. The average molecular weight is 374 g/mol. The van der Waals surface area contributed by atoms with Gasteiger partial charge in [-0.3, -0.25) is 4.79 Å². The number of primary amides is 1. The van der Waals surface area contributed by atoms with Gasteiger partial charge in [-0.2, -0.15) is 11.8 Å². The molecule has 1 aromatic rings. The number of methoxy groups -OCH3 is 2.